The third-order valence-electron chi connectivity index (χ3n) is 3.38. The van der Waals surface area contributed by atoms with E-state index >= 15 is 0 Å². The van der Waals surface area contributed by atoms with Gasteiger partial charge in [0.25, 0.3) is 0 Å². The normalized spacial score (nSPS) is 29.4. The van der Waals surface area contributed by atoms with Crippen molar-refractivity contribution in [3.05, 3.63) is 0 Å². The van der Waals surface area contributed by atoms with Crippen molar-refractivity contribution in [2.75, 3.05) is 33.4 Å². The number of nitrogens with one attached hydrogen (secondary N) is 1. The molecule has 1 saturated heterocycles. The van der Waals surface area contributed by atoms with E-state index in [1.165, 1.54) is 0 Å². The Morgan fingerprint density at radius 1 is 1.50 bits per heavy atom. The van der Waals surface area contributed by atoms with Gasteiger partial charge >= 0.3 is 0 Å². The minimum Gasteiger partial charge on any atom is -0.395 e. The largest absolute Gasteiger partial charge is 0.395 e. The number of rotatable bonds is 5. The SMILES string of the molecule is CNC1COCC1C(=O)N(CCO)C1CC1. The molecule has 0 aromatic rings. The van der Waals surface area contributed by atoms with Crippen LogP contribution in [0.2, 0.25) is 0 Å². The lowest BCUT2D eigenvalue weighted by Gasteiger charge is -2.26. The van der Waals surface area contributed by atoms with Crippen molar-refractivity contribution in [2.45, 2.75) is 24.9 Å². The van der Waals surface area contributed by atoms with Crippen molar-refractivity contribution in [2.24, 2.45) is 5.92 Å². The first-order valence-electron chi connectivity index (χ1n) is 5.94. The highest BCUT2D eigenvalue weighted by atomic mass is 16.5. The first-order valence-corrected chi connectivity index (χ1v) is 5.94. The molecule has 1 saturated carbocycles. The molecule has 16 heavy (non-hydrogen) atoms. The summed E-state index contributed by atoms with van der Waals surface area (Å²) in [6.45, 7) is 1.60. The zero-order valence-electron chi connectivity index (χ0n) is 9.69. The highest BCUT2D eigenvalue weighted by Crippen LogP contribution is 2.29. The molecule has 2 N–H and O–H groups in total. The predicted molar refractivity (Wildman–Crippen MR) is 59.0 cm³/mol. The highest BCUT2D eigenvalue weighted by molar-refractivity contribution is 5.80. The zero-order chi connectivity index (χ0) is 11.5. The van der Waals surface area contributed by atoms with Crippen LogP contribution in [0, 0.1) is 5.92 Å². The number of ether oxygens (including phenoxy) is 1. The lowest BCUT2D eigenvalue weighted by Crippen LogP contribution is -2.46. The molecule has 0 spiro atoms. The monoisotopic (exact) mass is 228 g/mol. The minimum absolute atomic E-state index is 0.0417. The van der Waals surface area contributed by atoms with Crippen molar-refractivity contribution in [1.82, 2.24) is 10.2 Å². The van der Waals surface area contributed by atoms with Gasteiger partial charge in [-0.3, -0.25) is 4.79 Å². The number of carbonyl (C=O) groups excluding carboxylic acids is 1. The number of amides is 1. The molecule has 1 amide bonds. The molecule has 2 rings (SSSR count). The first kappa shape index (κ1) is 11.8. The number of aliphatic hydroxyl groups excluding tert-OH is 1. The number of carbonyl (C=O) groups is 1. The second-order valence-electron chi connectivity index (χ2n) is 4.53. The molecule has 1 aliphatic heterocycles. The Balaban J connectivity index is 1.98. The van der Waals surface area contributed by atoms with Crippen molar-refractivity contribution < 1.29 is 14.6 Å². The first-order chi connectivity index (χ1) is 7.77. The quantitative estimate of drug-likeness (QED) is 0.647. The lowest BCUT2D eigenvalue weighted by atomic mass is 10.0. The second kappa shape index (κ2) is 5.12. The molecule has 92 valence electrons. The van der Waals surface area contributed by atoms with Gasteiger partial charge in [0.1, 0.15) is 0 Å². The Hall–Kier alpha value is -0.650. The average molecular weight is 228 g/mol. The van der Waals surface area contributed by atoms with Crippen LogP contribution >= 0.6 is 0 Å². The van der Waals surface area contributed by atoms with Crippen LogP contribution in [0.1, 0.15) is 12.8 Å². The van der Waals surface area contributed by atoms with Crippen molar-refractivity contribution in [1.29, 1.82) is 0 Å². The Kier molecular flexibility index (Phi) is 3.78. The molecule has 0 bridgehead atoms. The van der Waals surface area contributed by atoms with E-state index in [0.717, 1.165) is 12.8 Å². The summed E-state index contributed by atoms with van der Waals surface area (Å²) in [5.41, 5.74) is 0. The third kappa shape index (κ3) is 2.36. The summed E-state index contributed by atoms with van der Waals surface area (Å²) in [6.07, 6.45) is 2.15. The van der Waals surface area contributed by atoms with Gasteiger partial charge in [-0.25, -0.2) is 0 Å². The topological polar surface area (TPSA) is 61.8 Å². The molecular formula is C11H20N2O3. The molecule has 0 aromatic heterocycles. The Morgan fingerprint density at radius 2 is 2.25 bits per heavy atom. The maximum Gasteiger partial charge on any atom is 0.230 e. The number of hydrogen-bond acceptors (Lipinski definition) is 4. The van der Waals surface area contributed by atoms with Gasteiger partial charge in [0.15, 0.2) is 0 Å². The van der Waals surface area contributed by atoms with Gasteiger partial charge in [0.05, 0.1) is 25.7 Å². The molecular weight excluding hydrogens is 208 g/mol. The summed E-state index contributed by atoms with van der Waals surface area (Å²) in [6, 6.07) is 0.477. The van der Waals surface area contributed by atoms with E-state index < -0.39 is 0 Å². The minimum atomic E-state index is -0.0860. The fourth-order valence-corrected chi connectivity index (χ4v) is 2.26. The lowest BCUT2D eigenvalue weighted by molar-refractivity contribution is -0.137. The van der Waals surface area contributed by atoms with Crippen molar-refractivity contribution in [3.8, 4) is 0 Å². The van der Waals surface area contributed by atoms with Crippen molar-refractivity contribution >= 4 is 5.91 Å². The van der Waals surface area contributed by atoms with Crippen LogP contribution in [0.15, 0.2) is 0 Å². The van der Waals surface area contributed by atoms with Gasteiger partial charge in [0, 0.05) is 18.6 Å². The third-order valence-corrected chi connectivity index (χ3v) is 3.38. The van der Waals surface area contributed by atoms with Gasteiger partial charge in [0.2, 0.25) is 5.91 Å². The molecule has 5 heteroatoms. The summed E-state index contributed by atoms with van der Waals surface area (Å²) in [5.74, 6) is 0.0468. The molecule has 2 atom stereocenters. The van der Waals surface area contributed by atoms with E-state index in [4.69, 9.17) is 9.84 Å². The van der Waals surface area contributed by atoms with E-state index in [1.807, 2.05) is 11.9 Å². The number of aliphatic hydroxyl groups is 1. The van der Waals surface area contributed by atoms with Gasteiger partial charge < -0.3 is 20.1 Å². The number of hydrogen-bond donors (Lipinski definition) is 2. The summed E-state index contributed by atoms with van der Waals surface area (Å²) in [4.78, 5) is 14.1. The Bertz CT molecular complexity index is 252. The summed E-state index contributed by atoms with van der Waals surface area (Å²) in [5, 5.41) is 12.1. The van der Waals surface area contributed by atoms with E-state index in [9.17, 15) is 4.79 Å². The summed E-state index contributed by atoms with van der Waals surface area (Å²) in [7, 11) is 1.85. The van der Waals surface area contributed by atoms with E-state index in [-0.39, 0.29) is 24.5 Å². The standard InChI is InChI=1S/C11H20N2O3/c1-12-10-7-16-6-9(10)11(15)13(4-5-14)8-2-3-8/h8-10,12,14H,2-7H2,1H3. The molecule has 5 nitrogen and oxygen atoms in total. The molecule has 2 unspecified atom stereocenters. The smallest absolute Gasteiger partial charge is 0.230 e. The molecule has 1 heterocycles. The Morgan fingerprint density at radius 3 is 2.81 bits per heavy atom. The van der Waals surface area contributed by atoms with Crippen LogP contribution in [0.5, 0.6) is 0 Å². The number of likely N-dealkylation sites (N-methyl/N-ethyl adjacent to an activating group) is 1. The molecule has 0 aromatic carbocycles. The summed E-state index contributed by atoms with van der Waals surface area (Å²) < 4.78 is 5.34. The fraction of sp³-hybridized carbons (Fsp3) is 0.909. The van der Waals surface area contributed by atoms with Crippen LogP contribution in [0.4, 0.5) is 0 Å². The Labute approximate surface area is 95.8 Å². The highest BCUT2D eigenvalue weighted by Gasteiger charge is 2.40. The van der Waals surface area contributed by atoms with Gasteiger partial charge in [-0.15, -0.1) is 0 Å². The van der Waals surface area contributed by atoms with Gasteiger partial charge in [-0.05, 0) is 19.9 Å². The van der Waals surface area contributed by atoms with E-state index in [2.05, 4.69) is 5.32 Å². The van der Waals surface area contributed by atoms with Crippen LogP contribution in [-0.2, 0) is 9.53 Å². The predicted octanol–water partition coefficient (Wildman–Crippen LogP) is -0.796. The maximum absolute atomic E-state index is 12.3. The fourth-order valence-electron chi connectivity index (χ4n) is 2.26. The van der Waals surface area contributed by atoms with Crippen LogP contribution in [0.25, 0.3) is 0 Å². The molecule has 0 radical (unpaired) electrons. The van der Waals surface area contributed by atoms with Gasteiger partial charge in [-0.1, -0.05) is 0 Å². The van der Waals surface area contributed by atoms with Crippen LogP contribution in [-0.4, -0.2) is 61.4 Å². The van der Waals surface area contributed by atoms with Crippen LogP contribution < -0.4 is 5.32 Å². The summed E-state index contributed by atoms with van der Waals surface area (Å²) >= 11 is 0. The van der Waals surface area contributed by atoms with Gasteiger partial charge in [-0.2, -0.15) is 0 Å². The van der Waals surface area contributed by atoms with Crippen molar-refractivity contribution in [3.63, 3.8) is 0 Å². The molecule has 1 aliphatic carbocycles. The van der Waals surface area contributed by atoms with Crippen LogP contribution in [0.3, 0.4) is 0 Å². The molecule has 2 fully saturated rings. The second-order valence-corrected chi connectivity index (χ2v) is 4.53. The number of nitrogens with zero attached hydrogens (tertiary/aromatic N) is 1. The maximum atomic E-state index is 12.3. The molecule has 2 aliphatic rings. The van der Waals surface area contributed by atoms with E-state index in [0.29, 0.717) is 25.8 Å². The average Bonchev–Trinajstić information content (AvgIpc) is 3.01. The van der Waals surface area contributed by atoms with E-state index in [1.54, 1.807) is 0 Å². The zero-order valence-corrected chi connectivity index (χ0v) is 9.69.